The van der Waals surface area contributed by atoms with Crippen LogP contribution in [-0.4, -0.2) is 31.1 Å². The lowest BCUT2D eigenvalue weighted by Gasteiger charge is -2.36. The number of hydrogen-bond acceptors (Lipinski definition) is 2. The molecule has 4 heteroatoms. The Morgan fingerprint density at radius 3 is 2.33 bits per heavy atom. The summed E-state index contributed by atoms with van der Waals surface area (Å²) in [6.45, 7) is 9.08. The van der Waals surface area contributed by atoms with E-state index in [0.717, 1.165) is 26.2 Å². The zero-order valence-corrected chi connectivity index (χ0v) is 16.4. The highest BCUT2D eigenvalue weighted by Gasteiger charge is 2.23. The van der Waals surface area contributed by atoms with Gasteiger partial charge < -0.3 is 5.32 Å². The molecular weight excluding hydrogens is 339 g/mol. The Kier molecular flexibility index (Phi) is 9.07. The molecule has 1 atom stereocenters. The Bertz CT molecular complexity index is 624. The van der Waals surface area contributed by atoms with E-state index in [1.807, 2.05) is 0 Å². The first kappa shape index (κ1) is 21.2. The van der Waals surface area contributed by atoms with Gasteiger partial charge in [-0.2, -0.15) is 0 Å². The van der Waals surface area contributed by atoms with E-state index < -0.39 is 0 Å². The van der Waals surface area contributed by atoms with E-state index in [1.54, 1.807) is 0 Å². The molecule has 2 nitrogen and oxygen atoms in total. The van der Waals surface area contributed by atoms with Gasteiger partial charge in [0.05, 0.1) is 0 Å². The first-order chi connectivity index (χ1) is 10.8. The maximum Gasteiger partial charge on any atom is 0.0355 e. The van der Waals surface area contributed by atoms with Gasteiger partial charge in [0.25, 0.3) is 0 Å². The number of hydrogen-bond donors (Lipinski definition) is 1. The van der Waals surface area contributed by atoms with Gasteiger partial charge in [-0.15, -0.1) is 24.8 Å². The number of nitrogens with one attached hydrogen (secondary N) is 1. The minimum absolute atomic E-state index is 0. The van der Waals surface area contributed by atoms with Gasteiger partial charge in [0.15, 0.2) is 0 Å². The van der Waals surface area contributed by atoms with Crippen LogP contribution in [0.3, 0.4) is 0 Å². The Labute approximate surface area is 158 Å². The molecule has 1 aliphatic rings. The molecule has 24 heavy (non-hydrogen) atoms. The van der Waals surface area contributed by atoms with Crippen molar-refractivity contribution in [3.63, 3.8) is 0 Å². The van der Waals surface area contributed by atoms with Crippen molar-refractivity contribution < 1.29 is 0 Å². The number of fused-ring (bicyclic) bond motifs is 1. The highest BCUT2D eigenvalue weighted by Crippen LogP contribution is 2.33. The molecule has 134 valence electrons. The van der Waals surface area contributed by atoms with Crippen LogP contribution in [0.1, 0.15) is 43.4 Å². The summed E-state index contributed by atoms with van der Waals surface area (Å²) in [5.74, 6) is 0. The minimum atomic E-state index is 0. The summed E-state index contributed by atoms with van der Waals surface area (Å²) in [4.78, 5) is 2.68. The number of aryl methyl sites for hydroxylation is 1. The Hall–Kier alpha value is -0.800. The molecule has 0 saturated carbocycles. The molecular formula is C20H30Cl2N2. The van der Waals surface area contributed by atoms with Crippen LogP contribution in [0.4, 0.5) is 0 Å². The molecule has 0 unspecified atom stereocenters. The lowest BCUT2D eigenvalue weighted by atomic mass is 9.92. The van der Waals surface area contributed by atoms with Crippen molar-refractivity contribution in [2.24, 2.45) is 0 Å². The van der Waals surface area contributed by atoms with Crippen LogP contribution in [0.5, 0.6) is 0 Å². The minimum Gasteiger partial charge on any atom is -0.314 e. The molecule has 1 fully saturated rings. The van der Waals surface area contributed by atoms with Crippen molar-refractivity contribution in [3.8, 4) is 0 Å². The molecule has 0 amide bonds. The average molecular weight is 369 g/mol. The van der Waals surface area contributed by atoms with Crippen LogP contribution in [0, 0.1) is 6.92 Å². The number of halogens is 2. The summed E-state index contributed by atoms with van der Waals surface area (Å²) < 4.78 is 0. The third-order valence-corrected chi connectivity index (χ3v) is 4.96. The Morgan fingerprint density at radius 2 is 1.67 bits per heavy atom. The molecule has 0 radical (unpaired) electrons. The molecule has 0 aromatic heterocycles. The van der Waals surface area contributed by atoms with E-state index in [1.165, 1.54) is 41.2 Å². The first-order valence-corrected chi connectivity index (χ1v) is 8.74. The fourth-order valence-electron chi connectivity index (χ4n) is 3.69. The largest absolute Gasteiger partial charge is 0.314 e. The number of nitrogens with zero attached hydrogens (tertiary/aromatic N) is 1. The van der Waals surface area contributed by atoms with E-state index >= 15 is 0 Å². The summed E-state index contributed by atoms with van der Waals surface area (Å²) in [7, 11) is 0. The van der Waals surface area contributed by atoms with E-state index in [-0.39, 0.29) is 24.8 Å². The number of unbranched alkanes of at least 4 members (excludes halogenated alkanes) is 1. The van der Waals surface area contributed by atoms with Gasteiger partial charge in [-0.1, -0.05) is 56.2 Å². The SMILES string of the molecule is CCCC[C@H](c1ccc(C)c2ccccc12)N1CCNCC1.Cl.Cl. The van der Waals surface area contributed by atoms with Crippen molar-refractivity contribution in [1.29, 1.82) is 0 Å². The van der Waals surface area contributed by atoms with Crippen molar-refractivity contribution in [2.75, 3.05) is 26.2 Å². The molecule has 1 N–H and O–H groups in total. The Balaban J connectivity index is 0.00000144. The molecule has 0 spiro atoms. The number of rotatable bonds is 5. The molecule has 3 rings (SSSR count). The maximum atomic E-state index is 3.48. The summed E-state index contributed by atoms with van der Waals surface area (Å²) in [6, 6.07) is 14.2. The maximum absolute atomic E-state index is 3.48. The van der Waals surface area contributed by atoms with Gasteiger partial charge in [0.2, 0.25) is 0 Å². The van der Waals surface area contributed by atoms with Crippen LogP contribution in [-0.2, 0) is 0 Å². The van der Waals surface area contributed by atoms with E-state index in [2.05, 4.69) is 60.5 Å². The van der Waals surface area contributed by atoms with Gasteiger partial charge in [-0.05, 0) is 35.2 Å². The molecule has 0 aliphatic carbocycles. The lowest BCUT2D eigenvalue weighted by Crippen LogP contribution is -2.45. The smallest absolute Gasteiger partial charge is 0.0355 e. The summed E-state index contributed by atoms with van der Waals surface area (Å²) in [5.41, 5.74) is 2.91. The summed E-state index contributed by atoms with van der Waals surface area (Å²) in [6.07, 6.45) is 3.84. The molecule has 1 heterocycles. The van der Waals surface area contributed by atoms with E-state index in [0.29, 0.717) is 6.04 Å². The van der Waals surface area contributed by atoms with Crippen molar-refractivity contribution in [1.82, 2.24) is 10.2 Å². The summed E-state index contributed by atoms with van der Waals surface area (Å²) in [5, 5.41) is 6.34. The van der Waals surface area contributed by atoms with Gasteiger partial charge in [-0.3, -0.25) is 4.90 Å². The predicted octanol–water partition coefficient (Wildman–Crippen LogP) is 5.13. The van der Waals surface area contributed by atoms with E-state index in [9.17, 15) is 0 Å². The van der Waals surface area contributed by atoms with Crippen LogP contribution >= 0.6 is 24.8 Å². The summed E-state index contributed by atoms with van der Waals surface area (Å²) >= 11 is 0. The molecule has 2 aromatic rings. The molecule has 0 bridgehead atoms. The number of benzene rings is 2. The fourth-order valence-corrected chi connectivity index (χ4v) is 3.69. The van der Waals surface area contributed by atoms with Gasteiger partial charge in [0.1, 0.15) is 0 Å². The highest BCUT2D eigenvalue weighted by atomic mass is 35.5. The Morgan fingerprint density at radius 1 is 1.00 bits per heavy atom. The van der Waals surface area contributed by atoms with E-state index in [4.69, 9.17) is 0 Å². The van der Waals surface area contributed by atoms with Gasteiger partial charge >= 0.3 is 0 Å². The van der Waals surface area contributed by atoms with Gasteiger partial charge in [-0.25, -0.2) is 0 Å². The van der Waals surface area contributed by atoms with Crippen LogP contribution in [0.2, 0.25) is 0 Å². The topological polar surface area (TPSA) is 15.3 Å². The highest BCUT2D eigenvalue weighted by molar-refractivity contribution is 5.89. The second kappa shape index (κ2) is 10.2. The third kappa shape index (κ3) is 4.64. The lowest BCUT2D eigenvalue weighted by molar-refractivity contribution is 0.164. The zero-order chi connectivity index (χ0) is 15.4. The van der Waals surface area contributed by atoms with Crippen molar-refractivity contribution in [3.05, 3.63) is 47.5 Å². The quantitative estimate of drug-likeness (QED) is 0.786. The monoisotopic (exact) mass is 368 g/mol. The normalized spacial score (nSPS) is 16.2. The standard InChI is InChI=1S/C20H28N2.2ClH/c1-3-4-9-20(22-14-12-21-13-15-22)19-11-10-16(2)17-7-5-6-8-18(17)19;;/h5-8,10-11,20-21H,3-4,9,12-15H2,1-2H3;2*1H/t20-;;/m1../s1. The number of piperazine rings is 1. The molecule has 1 aliphatic heterocycles. The fraction of sp³-hybridized carbons (Fsp3) is 0.500. The average Bonchev–Trinajstić information content (AvgIpc) is 2.58. The third-order valence-electron chi connectivity index (χ3n) is 4.96. The zero-order valence-electron chi connectivity index (χ0n) is 14.8. The van der Waals surface area contributed by atoms with Crippen LogP contribution < -0.4 is 5.32 Å². The van der Waals surface area contributed by atoms with Crippen molar-refractivity contribution >= 4 is 35.6 Å². The second-order valence-corrected chi connectivity index (χ2v) is 6.46. The van der Waals surface area contributed by atoms with Gasteiger partial charge in [0, 0.05) is 32.2 Å². The first-order valence-electron chi connectivity index (χ1n) is 8.74. The van der Waals surface area contributed by atoms with Crippen molar-refractivity contribution in [2.45, 2.75) is 39.2 Å². The second-order valence-electron chi connectivity index (χ2n) is 6.46. The van der Waals surface area contributed by atoms with Crippen LogP contribution in [0.15, 0.2) is 36.4 Å². The van der Waals surface area contributed by atoms with Crippen LogP contribution in [0.25, 0.3) is 10.8 Å². The predicted molar refractivity (Wildman–Crippen MR) is 110 cm³/mol. The molecule has 1 saturated heterocycles. The molecule has 2 aromatic carbocycles.